The van der Waals surface area contributed by atoms with E-state index in [1.807, 2.05) is 43.3 Å². The Morgan fingerprint density at radius 2 is 2.04 bits per heavy atom. The highest BCUT2D eigenvalue weighted by atomic mass is 35.5. The van der Waals surface area contributed by atoms with E-state index in [0.29, 0.717) is 18.2 Å². The molecule has 0 saturated heterocycles. The fraction of sp³-hybridized carbons (Fsp3) is 0.381. The maximum atomic E-state index is 12.8. The number of para-hydroxylation sites is 1. The van der Waals surface area contributed by atoms with E-state index in [1.54, 1.807) is 13.2 Å². The normalized spacial score (nSPS) is 23.0. The number of nitrogens with one attached hydrogen (secondary N) is 1. The van der Waals surface area contributed by atoms with Crippen molar-refractivity contribution >= 4 is 17.5 Å². The van der Waals surface area contributed by atoms with Gasteiger partial charge in [0.2, 0.25) is 5.91 Å². The van der Waals surface area contributed by atoms with E-state index in [-0.39, 0.29) is 29.9 Å². The average Bonchev–Trinajstić information content (AvgIpc) is 3.25. The fourth-order valence-corrected chi connectivity index (χ4v) is 4.01. The fourth-order valence-electron chi connectivity index (χ4n) is 3.78. The summed E-state index contributed by atoms with van der Waals surface area (Å²) in [6, 6.07) is 13.2. The zero-order valence-electron chi connectivity index (χ0n) is 15.3. The minimum Gasteiger partial charge on any atom is -0.494 e. The van der Waals surface area contributed by atoms with Gasteiger partial charge in [0.25, 0.3) is 0 Å². The molecular formula is C21H22ClNO4. The number of hydrogen-bond donors (Lipinski definition) is 1. The lowest BCUT2D eigenvalue weighted by Crippen LogP contribution is -2.34. The van der Waals surface area contributed by atoms with Gasteiger partial charge in [-0.1, -0.05) is 35.9 Å². The van der Waals surface area contributed by atoms with E-state index in [0.717, 1.165) is 22.6 Å². The molecule has 0 bridgehead atoms. The molecule has 1 fully saturated rings. The summed E-state index contributed by atoms with van der Waals surface area (Å²) in [6.07, 6.45) is -0.122. The highest BCUT2D eigenvalue weighted by Gasteiger charge is 2.63. The molecule has 5 nitrogen and oxygen atoms in total. The van der Waals surface area contributed by atoms with Gasteiger partial charge in [-0.15, -0.1) is 0 Å². The van der Waals surface area contributed by atoms with Crippen LogP contribution >= 0.6 is 11.6 Å². The van der Waals surface area contributed by atoms with Crippen LogP contribution in [0.5, 0.6) is 11.5 Å². The monoisotopic (exact) mass is 387 g/mol. The molecule has 1 aliphatic carbocycles. The first-order chi connectivity index (χ1) is 13.1. The molecule has 1 saturated carbocycles. The first kappa shape index (κ1) is 18.1. The standard InChI is InChI=1S/C21H22ClNO4/c1-3-26-13-9-7-12(8-10-13)16(11-25-2)23-21(24)18-17-14-5-4-6-15(22)19(14)27-20(17)18/h4-10,16-18,20H,3,11H2,1-2H3,(H,23,24)/t16-,17?,18?,20?/m0/s1. The van der Waals surface area contributed by atoms with Crippen molar-refractivity contribution < 1.29 is 19.0 Å². The summed E-state index contributed by atoms with van der Waals surface area (Å²) in [5.74, 6) is 1.41. The molecule has 0 aromatic heterocycles. The third-order valence-corrected chi connectivity index (χ3v) is 5.41. The highest BCUT2D eigenvalue weighted by Crippen LogP contribution is 2.59. The number of carbonyl (C=O) groups is 1. The average molecular weight is 388 g/mol. The van der Waals surface area contributed by atoms with Gasteiger partial charge in [-0.3, -0.25) is 4.79 Å². The second-order valence-corrected chi connectivity index (χ2v) is 7.22. The number of ether oxygens (including phenoxy) is 3. The summed E-state index contributed by atoms with van der Waals surface area (Å²) in [6.45, 7) is 2.96. The SMILES string of the molecule is CCOc1ccc([C@H](COC)NC(=O)C2C3Oc4c(Cl)cccc4C32)cc1. The Hall–Kier alpha value is -2.24. The molecule has 1 N–H and O–H groups in total. The number of carbonyl (C=O) groups excluding carboxylic acids is 1. The van der Waals surface area contributed by atoms with Gasteiger partial charge in [-0.2, -0.15) is 0 Å². The van der Waals surface area contributed by atoms with Crippen LogP contribution in [0.25, 0.3) is 0 Å². The smallest absolute Gasteiger partial charge is 0.228 e. The number of amides is 1. The molecular weight excluding hydrogens is 366 g/mol. The molecule has 27 heavy (non-hydrogen) atoms. The lowest BCUT2D eigenvalue weighted by atomic mass is 10.1. The predicted octanol–water partition coefficient (Wildman–Crippen LogP) is 3.72. The molecule has 1 amide bonds. The third kappa shape index (κ3) is 3.37. The summed E-state index contributed by atoms with van der Waals surface area (Å²) >= 11 is 6.17. The van der Waals surface area contributed by atoms with Gasteiger partial charge in [0.15, 0.2) is 0 Å². The second kappa shape index (κ2) is 7.41. The topological polar surface area (TPSA) is 56.8 Å². The van der Waals surface area contributed by atoms with E-state index in [4.69, 9.17) is 25.8 Å². The van der Waals surface area contributed by atoms with Gasteiger partial charge in [-0.25, -0.2) is 0 Å². The van der Waals surface area contributed by atoms with Crippen LogP contribution in [-0.4, -0.2) is 32.3 Å². The summed E-state index contributed by atoms with van der Waals surface area (Å²) in [5, 5.41) is 3.71. The minimum atomic E-state index is -0.224. The Balaban J connectivity index is 1.45. The Bertz CT molecular complexity index is 839. The Morgan fingerprint density at radius 3 is 2.74 bits per heavy atom. The van der Waals surface area contributed by atoms with Crippen LogP contribution in [0.3, 0.4) is 0 Å². The van der Waals surface area contributed by atoms with Crippen molar-refractivity contribution in [3.63, 3.8) is 0 Å². The van der Waals surface area contributed by atoms with E-state index >= 15 is 0 Å². The van der Waals surface area contributed by atoms with Crippen molar-refractivity contribution in [2.24, 2.45) is 5.92 Å². The van der Waals surface area contributed by atoms with Crippen molar-refractivity contribution in [3.8, 4) is 11.5 Å². The Kier molecular flexibility index (Phi) is 4.98. The molecule has 4 rings (SSSR count). The van der Waals surface area contributed by atoms with Crippen molar-refractivity contribution in [2.45, 2.75) is 25.0 Å². The quantitative estimate of drug-likeness (QED) is 0.786. The molecule has 2 aromatic rings. The van der Waals surface area contributed by atoms with Crippen LogP contribution in [0.2, 0.25) is 5.02 Å². The molecule has 142 valence electrons. The number of hydrogen-bond acceptors (Lipinski definition) is 4. The molecule has 0 radical (unpaired) electrons. The van der Waals surface area contributed by atoms with Crippen LogP contribution in [0.15, 0.2) is 42.5 Å². The summed E-state index contributed by atoms with van der Waals surface area (Å²) in [7, 11) is 1.63. The lowest BCUT2D eigenvalue weighted by Gasteiger charge is -2.19. The number of methoxy groups -OCH3 is 1. The van der Waals surface area contributed by atoms with Gasteiger partial charge >= 0.3 is 0 Å². The third-order valence-electron chi connectivity index (χ3n) is 5.11. The molecule has 0 spiro atoms. The first-order valence-electron chi connectivity index (χ1n) is 9.11. The molecule has 1 heterocycles. The summed E-state index contributed by atoms with van der Waals surface area (Å²) in [5.41, 5.74) is 2.00. The van der Waals surface area contributed by atoms with Crippen LogP contribution < -0.4 is 14.8 Å². The van der Waals surface area contributed by atoms with Gasteiger partial charge in [0, 0.05) is 18.6 Å². The van der Waals surface area contributed by atoms with Gasteiger partial charge < -0.3 is 19.5 Å². The zero-order chi connectivity index (χ0) is 19.0. The number of halogens is 1. The van der Waals surface area contributed by atoms with E-state index < -0.39 is 0 Å². The molecule has 1 aliphatic heterocycles. The van der Waals surface area contributed by atoms with Crippen LogP contribution in [-0.2, 0) is 9.53 Å². The van der Waals surface area contributed by atoms with Crippen molar-refractivity contribution in [1.82, 2.24) is 5.32 Å². The molecule has 3 unspecified atom stereocenters. The second-order valence-electron chi connectivity index (χ2n) is 6.81. The van der Waals surface area contributed by atoms with Gasteiger partial charge in [-0.05, 0) is 30.7 Å². The predicted molar refractivity (Wildman–Crippen MR) is 102 cm³/mol. The van der Waals surface area contributed by atoms with E-state index in [1.165, 1.54) is 0 Å². The molecule has 2 aliphatic rings. The van der Waals surface area contributed by atoms with Crippen LogP contribution in [0.1, 0.15) is 30.0 Å². The number of fused-ring (bicyclic) bond motifs is 3. The van der Waals surface area contributed by atoms with Crippen LogP contribution in [0.4, 0.5) is 0 Å². The lowest BCUT2D eigenvalue weighted by molar-refractivity contribution is -0.124. The molecule has 2 aromatic carbocycles. The Labute approximate surface area is 163 Å². The molecule has 6 heteroatoms. The summed E-state index contributed by atoms with van der Waals surface area (Å²) in [4.78, 5) is 12.8. The van der Waals surface area contributed by atoms with Crippen molar-refractivity contribution in [1.29, 1.82) is 0 Å². The van der Waals surface area contributed by atoms with Gasteiger partial charge in [0.05, 0.1) is 30.2 Å². The highest BCUT2D eigenvalue weighted by molar-refractivity contribution is 6.32. The zero-order valence-corrected chi connectivity index (χ0v) is 16.0. The Morgan fingerprint density at radius 1 is 1.26 bits per heavy atom. The minimum absolute atomic E-state index is 0.0217. The summed E-state index contributed by atoms with van der Waals surface area (Å²) < 4.78 is 16.7. The van der Waals surface area contributed by atoms with Crippen molar-refractivity contribution in [2.75, 3.05) is 20.3 Å². The maximum Gasteiger partial charge on any atom is 0.228 e. The van der Waals surface area contributed by atoms with Crippen molar-refractivity contribution in [3.05, 3.63) is 58.6 Å². The molecule has 4 atom stereocenters. The first-order valence-corrected chi connectivity index (χ1v) is 9.49. The van der Waals surface area contributed by atoms with E-state index in [2.05, 4.69) is 5.32 Å². The van der Waals surface area contributed by atoms with Crippen LogP contribution in [0, 0.1) is 5.92 Å². The largest absolute Gasteiger partial charge is 0.494 e. The number of rotatable bonds is 7. The number of benzene rings is 2. The van der Waals surface area contributed by atoms with E-state index in [9.17, 15) is 4.79 Å². The maximum absolute atomic E-state index is 12.8. The van der Waals surface area contributed by atoms with Gasteiger partial charge in [0.1, 0.15) is 17.6 Å².